The van der Waals surface area contributed by atoms with E-state index >= 15 is 0 Å². The summed E-state index contributed by atoms with van der Waals surface area (Å²) in [4.78, 5) is 15.1. The summed E-state index contributed by atoms with van der Waals surface area (Å²) in [5, 5.41) is 7.25. The molecule has 6 nitrogen and oxygen atoms in total. The zero-order valence-electron chi connectivity index (χ0n) is 14.6. The Kier molecular flexibility index (Phi) is 4.21. The molecule has 2 aliphatic rings. The lowest BCUT2D eigenvalue weighted by Crippen LogP contribution is -2.48. The number of carbonyl (C=O) groups excluding carboxylic acids is 1. The number of hydrogen-bond acceptors (Lipinski definition) is 4. The van der Waals surface area contributed by atoms with Gasteiger partial charge in [-0.1, -0.05) is 12.1 Å². The number of ether oxygens (including phenoxy) is 2. The van der Waals surface area contributed by atoms with Gasteiger partial charge < -0.3 is 14.4 Å². The van der Waals surface area contributed by atoms with Crippen molar-refractivity contribution in [1.82, 2.24) is 15.1 Å². The summed E-state index contributed by atoms with van der Waals surface area (Å²) in [6.45, 7) is 0. The summed E-state index contributed by atoms with van der Waals surface area (Å²) in [6, 6.07) is 10.0. The molecule has 0 radical (unpaired) electrons. The van der Waals surface area contributed by atoms with E-state index in [1.807, 2.05) is 35.2 Å². The van der Waals surface area contributed by atoms with Gasteiger partial charge in [0.05, 0.1) is 18.9 Å². The molecule has 2 aliphatic heterocycles. The minimum atomic E-state index is 0.0377. The van der Waals surface area contributed by atoms with Crippen LogP contribution >= 0.6 is 0 Å². The Balaban J connectivity index is 1.58. The summed E-state index contributed by atoms with van der Waals surface area (Å²) in [5.41, 5.74) is 2.13. The first-order valence-electron chi connectivity index (χ1n) is 8.75. The summed E-state index contributed by atoms with van der Waals surface area (Å²) in [5.74, 6) is 0.782. The van der Waals surface area contributed by atoms with Crippen molar-refractivity contribution in [1.29, 1.82) is 0 Å². The molecular formula is C19H23N3O3. The van der Waals surface area contributed by atoms with E-state index in [1.165, 1.54) is 0 Å². The number of fused-ring (bicyclic) bond motifs is 2. The largest absolute Gasteiger partial charge is 0.496 e. The highest BCUT2D eigenvalue weighted by molar-refractivity contribution is 5.94. The standard InChI is InChI=1S/C19H23N3O3/c1-24-14-9-12-7-8-13(10-14)22(12)19(23)17-11-16(20-21-17)15-5-3-4-6-18(15)25-2/h3-6,11-14H,7-10H2,1-2H3,(H,20,21). The Hall–Kier alpha value is -2.34. The van der Waals surface area contributed by atoms with Crippen LogP contribution in [0.1, 0.15) is 36.2 Å². The van der Waals surface area contributed by atoms with Crippen LogP contribution in [0.5, 0.6) is 5.75 Å². The minimum Gasteiger partial charge on any atom is -0.496 e. The number of methoxy groups -OCH3 is 2. The highest BCUT2D eigenvalue weighted by Gasteiger charge is 2.43. The van der Waals surface area contributed by atoms with Crippen molar-refractivity contribution in [3.63, 3.8) is 0 Å². The summed E-state index contributed by atoms with van der Waals surface area (Å²) < 4.78 is 10.9. The van der Waals surface area contributed by atoms with Gasteiger partial charge in [-0.2, -0.15) is 5.10 Å². The second-order valence-electron chi connectivity index (χ2n) is 6.79. The van der Waals surface area contributed by atoms with E-state index in [4.69, 9.17) is 9.47 Å². The third-order valence-electron chi connectivity index (χ3n) is 5.45. The molecule has 0 aliphatic carbocycles. The van der Waals surface area contributed by atoms with Gasteiger partial charge in [0.15, 0.2) is 0 Å². The average Bonchev–Trinajstić information content (AvgIpc) is 3.24. The van der Waals surface area contributed by atoms with Gasteiger partial charge in [0.1, 0.15) is 11.4 Å². The normalized spacial score (nSPS) is 25.2. The highest BCUT2D eigenvalue weighted by Crippen LogP contribution is 2.38. The third kappa shape index (κ3) is 2.80. The number of aromatic nitrogens is 2. The van der Waals surface area contributed by atoms with Crippen molar-refractivity contribution in [2.24, 2.45) is 0 Å². The number of hydrogen-bond donors (Lipinski definition) is 1. The Morgan fingerprint density at radius 3 is 2.60 bits per heavy atom. The van der Waals surface area contributed by atoms with E-state index in [2.05, 4.69) is 10.2 Å². The van der Waals surface area contributed by atoms with Gasteiger partial charge in [-0.3, -0.25) is 9.89 Å². The second-order valence-corrected chi connectivity index (χ2v) is 6.79. The van der Waals surface area contributed by atoms with E-state index < -0.39 is 0 Å². The Morgan fingerprint density at radius 1 is 1.20 bits per heavy atom. The van der Waals surface area contributed by atoms with E-state index in [1.54, 1.807) is 14.2 Å². The van der Waals surface area contributed by atoms with Crippen LogP contribution in [0.3, 0.4) is 0 Å². The van der Waals surface area contributed by atoms with E-state index in [9.17, 15) is 4.79 Å². The van der Waals surface area contributed by atoms with E-state index in [0.717, 1.165) is 42.7 Å². The fraction of sp³-hybridized carbons (Fsp3) is 0.474. The van der Waals surface area contributed by atoms with Crippen molar-refractivity contribution in [3.05, 3.63) is 36.0 Å². The van der Waals surface area contributed by atoms with Crippen molar-refractivity contribution >= 4 is 5.91 Å². The molecule has 25 heavy (non-hydrogen) atoms. The fourth-order valence-corrected chi connectivity index (χ4v) is 4.22. The van der Waals surface area contributed by atoms with Crippen LogP contribution in [-0.2, 0) is 4.74 Å². The predicted molar refractivity (Wildman–Crippen MR) is 93.6 cm³/mol. The molecule has 2 saturated heterocycles. The van der Waals surface area contributed by atoms with Crippen LogP contribution in [-0.4, -0.2) is 53.4 Å². The first-order valence-corrected chi connectivity index (χ1v) is 8.75. The number of amides is 1. The monoisotopic (exact) mass is 341 g/mol. The number of rotatable bonds is 4. The number of benzene rings is 1. The van der Waals surface area contributed by atoms with Gasteiger partial charge in [0.25, 0.3) is 5.91 Å². The van der Waals surface area contributed by atoms with Crippen LogP contribution in [0.2, 0.25) is 0 Å². The van der Waals surface area contributed by atoms with Gasteiger partial charge in [0.2, 0.25) is 0 Å². The predicted octanol–water partition coefficient (Wildman–Crippen LogP) is 2.87. The maximum Gasteiger partial charge on any atom is 0.272 e. The molecule has 2 aromatic rings. The minimum absolute atomic E-state index is 0.0377. The molecule has 0 spiro atoms. The molecule has 3 heterocycles. The molecule has 1 N–H and O–H groups in total. The number of piperidine rings is 1. The molecule has 0 saturated carbocycles. The van der Waals surface area contributed by atoms with Gasteiger partial charge in [-0.05, 0) is 43.9 Å². The average molecular weight is 341 g/mol. The molecule has 1 aromatic heterocycles. The second kappa shape index (κ2) is 6.52. The number of H-pyrrole nitrogens is 1. The summed E-state index contributed by atoms with van der Waals surface area (Å²) >= 11 is 0. The van der Waals surface area contributed by atoms with Gasteiger partial charge in [-0.15, -0.1) is 0 Å². The zero-order chi connectivity index (χ0) is 17.4. The van der Waals surface area contributed by atoms with Gasteiger partial charge in [-0.25, -0.2) is 0 Å². The zero-order valence-corrected chi connectivity index (χ0v) is 14.6. The molecule has 2 bridgehead atoms. The lowest BCUT2D eigenvalue weighted by molar-refractivity contribution is 0.00794. The third-order valence-corrected chi connectivity index (χ3v) is 5.45. The van der Waals surface area contributed by atoms with Crippen LogP contribution in [0.4, 0.5) is 0 Å². The number of aromatic amines is 1. The molecule has 2 unspecified atom stereocenters. The van der Waals surface area contributed by atoms with E-state index in [0.29, 0.717) is 5.69 Å². The molecule has 1 aromatic carbocycles. The first kappa shape index (κ1) is 16.1. The highest BCUT2D eigenvalue weighted by atomic mass is 16.5. The first-order chi connectivity index (χ1) is 12.2. The number of carbonyl (C=O) groups is 1. The topological polar surface area (TPSA) is 67.4 Å². The molecule has 2 atom stereocenters. The van der Waals surface area contributed by atoms with Crippen LogP contribution in [0, 0.1) is 0 Å². The van der Waals surface area contributed by atoms with Gasteiger partial charge in [0, 0.05) is 24.8 Å². The number of nitrogens with one attached hydrogen (secondary N) is 1. The molecule has 132 valence electrons. The van der Waals surface area contributed by atoms with Crippen molar-refractivity contribution in [2.45, 2.75) is 43.9 Å². The number of nitrogens with zero attached hydrogens (tertiary/aromatic N) is 2. The molecular weight excluding hydrogens is 318 g/mol. The van der Waals surface area contributed by atoms with Gasteiger partial charge >= 0.3 is 0 Å². The van der Waals surface area contributed by atoms with Crippen LogP contribution < -0.4 is 4.74 Å². The van der Waals surface area contributed by atoms with E-state index in [-0.39, 0.29) is 24.1 Å². The SMILES string of the molecule is COc1ccccc1-c1cc(C(=O)N2C3CCC2CC(OC)C3)[nH]n1. The fourth-order valence-electron chi connectivity index (χ4n) is 4.22. The summed E-state index contributed by atoms with van der Waals surface area (Å²) in [6.07, 6.45) is 4.24. The lowest BCUT2D eigenvalue weighted by Gasteiger charge is -2.38. The molecule has 4 rings (SSSR count). The lowest BCUT2D eigenvalue weighted by atomic mass is 9.99. The summed E-state index contributed by atoms with van der Waals surface area (Å²) in [7, 11) is 3.39. The Bertz CT molecular complexity index is 759. The van der Waals surface area contributed by atoms with Crippen molar-refractivity contribution < 1.29 is 14.3 Å². The Labute approximate surface area is 147 Å². The molecule has 6 heteroatoms. The maximum absolute atomic E-state index is 13.0. The van der Waals surface area contributed by atoms with Crippen molar-refractivity contribution in [2.75, 3.05) is 14.2 Å². The maximum atomic E-state index is 13.0. The molecule has 2 fully saturated rings. The van der Waals surface area contributed by atoms with Crippen LogP contribution in [0.15, 0.2) is 30.3 Å². The smallest absolute Gasteiger partial charge is 0.272 e. The Morgan fingerprint density at radius 2 is 1.92 bits per heavy atom. The number of para-hydroxylation sites is 1. The van der Waals surface area contributed by atoms with Crippen LogP contribution in [0.25, 0.3) is 11.3 Å². The quantitative estimate of drug-likeness (QED) is 0.928. The van der Waals surface area contributed by atoms with Crippen molar-refractivity contribution in [3.8, 4) is 17.0 Å². The molecule has 1 amide bonds.